The molecule has 0 unspecified atom stereocenters. The summed E-state index contributed by atoms with van der Waals surface area (Å²) in [4.78, 5) is 0. The topological polar surface area (TPSA) is 55.5 Å². The number of aliphatic hydroxyl groups excluding tert-OH is 1. The van der Waals surface area contributed by atoms with Crippen molar-refractivity contribution in [3.8, 4) is 5.75 Å². The summed E-state index contributed by atoms with van der Waals surface area (Å²) in [5.74, 6) is 0.846. The van der Waals surface area contributed by atoms with Crippen LogP contribution in [0.15, 0.2) is 18.2 Å². The Morgan fingerprint density at radius 1 is 1.50 bits per heavy atom. The van der Waals surface area contributed by atoms with E-state index < -0.39 is 0 Å². The number of benzene rings is 1. The predicted molar refractivity (Wildman–Crippen MR) is 56.4 cm³/mol. The van der Waals surface area contributed by atoms with Crippen LogP contribution in [0, 0.1) is 6.92 Å². The molecule has 0 fully saturated rings. The number of hydrogen-bond acceptors (Lipinski definition) is 3. The molecule has 0 saturated carbocycles. The van der Waals surface area contributed by atoms with Gasteiger partial charge in [-0.1, -0.05) is 6.07 Å². The minimum Gasteiger partial charge on any atom is -0.494 e. The van der Waals surface area contributed by atoms with Crippen LogP contribution in [-0.2, 0) is 0 Å². The summed E-state index contributed by atoms with van der Waals surface area (Å²) in [6, 6.07) is 5.42. The van der Waals surface area contributed by atoms with E-state index in [1.165, 1.54) is 0 Å². The lowest BCUT2D eigenvalue weighted by Crippen LogP contribution is -2.15. The van der Waals surface area contributed by atoms with E-state index in [1.807, 2.05) is 32.0 Å². The van der Waals surface area contributed by atoms with Crippen LogP contribution in [0.5, 0.6) is 5.75 Å². The minimum absolute atomic E-state index is 0.0329. The fraction of sp³-hybridized carbons (Fsp3) is 0.455. The maximum absolute atomic E-state index is 8.93. The average molecular weight is 195 g/mol. The molecule has 3 heteroatoms. The molecule has 1 atom stereocenters. The lowest BCUT2D eigenvalue weighted by atomic mass is 10.0. The molecule has 78 valence electrons. The summed E-state index contributed by atoms with van der Waals surface area (Å²) in [5.41, 5.74) is 7.75. The third-order valence-electron chi connectivity index (χ3n) is 2.15. The van der Waals surface area contributed by atoms with E-state index in [4.69, 9.17) is 15.6 Å². The van der Waals surface area contributed by atoms with Crippen LogP contribution in [0.3, 0.4) is 0 Å². The smallest absolute Gasteiger partial charge is 0.119 e. The molecular weight excluding hydrogens is 178 g/mol. The van der Waals surface area contributed by atoms with Gasteiger partial charge in [0, 0.05) is 0 Å². The van der Waals surface area contributed by atoms with Gasteiger partial charge in [-0.05, 0) is 37.1 Å². The highest BCUT2D eigenvalue weighted by Crippen LogP contribution is 2.21. The summed E-state index contributed by atoms with van der Waals surface area (Å²) in [5, 5.41) is 8.93. The maximum atomic E-state index is 8.93. The SMILES string of the molecule is CCOc1ccc([C@@H](N)CO)c(C)c1. The van der Waals surface area contributed by atoms with Crippen molar-refractivity contribution in [3.05, 3.63) is 29.3 Å². The number of aryl methyl sites for hydroxylation is 1. The highest BCUT2D eigenvalue weighted by molar-refractivity contribution is 5.36. The van der Waals surface area contributed by atoms with Gasteiger partial charge in [-0.25, -0.2) is 0 Å². The second-order valence-corrected chi connectivity index (χ2v) is 3.24. The molecule has 1 rings (SSSR count). The van der Waals surface area contributed by atoms with Gasteiger partial charge in [0.15, 0.2) is 0 Å². The van der Waals surface area contributed by atoms with E-state index in [1.54, 1.807) is 0 Å². The Hall–Kier alpha value is -1.06. The Bertz CT molecular complexity index is 299. The third-order valence-corrected chi connectivity index (χ3v) is 2.15. The van der Waals surface area contributed by atoms with Crippen molar-refractivity contribution in [1.82, 2.24) is 0 Å². The fourth-order valence-corrected chi connectivity index (χ4v) is 1.42. The Kier molecular flexibility index (Phi) is 3.92. The number of rotatable bonds is 4. The Morgan fingerprint density at radius 3 is 2.71 bits per heavy atom. The molecule has 1 aromatic carbocycles. The number of ether oxygens (including phenoxy) is 1. The lowest BCUT2D eigenvalue weighted by molar-refractivity contribution is 0.267. The average Bonchev–Trinajstić information content (AvgIpc) is 2.17. The van der Waals surface area contributed by atoms with Gasteiger partial charge in [0.25, 0.3) is 0 Å². The van der Waals surface area contributed by atoms with E-state index in [0.717, 1.165) is 16.9 Å². The summed E-state index contributed by atoms with van der Waals surface area (Å²) < 4.78 is 5.35. The van der Waals surface area contributed by atoms with Gasteiger partial charge in [-0.15, -0.1) is 0 Å². The van der Waals surface area contributed by atoms with E-state index in [2.05, 4.69) is 0 Å². The van der Waals surface area contributed by atoms with Crippen LogP contribution in [-0.4, -0.2) is 18.3 Å². The minimum atomic E-state index is -0.300. The van der Waals surface area contributed by atoms with Crippen molar-refractivity contribution in [2.24, 2.45) is 5.73 Å². The van der Waals surface area contributed by atoms with Crippen molar-refractivity contribution in [1.29, 1.82) is 0 Å². The Balaban J connectivity index is 2.89. The molecular formula is C11H17NO2. The third kappa shape index (κ3) is 2.47. The van der Waals surface area contributed by atoms with Gasteiger partial charge in [0.1, 0.15) is 5.75 Å². The van der Waals surface area contributed by atoms with Crippen LogP contribution >= 0.6 is 0 Å². The molecule has 1 aromatic rings. The first-order chi connectivity index (χ1) is 6.69. The molecule has 0 aliphatic rings. The highest BCUT2D eigenvalue weighted by atomic mass is 16.5. The first kappa shape index (κ1) is 11.0. The van der Waals surface area contributed by atoms with Crippen LogP contribution in [0.1, 0.15) is 24.1 Å². The van der Waals surface area contributed by atoms with Gasteiger partial charge < -0.3 is 15.6 Å². The van der Waals surface area contributed by atoms with Gasteiger partial charge in [0.2, 0.25) is 0 Å². The molecule has 3 N–H and O–H groups in total. The molecule has 0 aliphatic heterocycles. The molecule has 3 nitrogen and oxygen atoms in total. The summed E-state index contributed by atoms with van der Waals surface area (Å²) in [6.45, 7) is 4.54. The van der Waals surface area contributed by atoms with E-state index >= 15 is 0 Å². The lowest BCUT2D eigenvalue weighted by Gasteiger charge is -2.13. The Morgan fingerprint density at radius 2 is 2.21 bits per heavy atom. The molecule has 0 aliphatic carbocycles. The van der Waals surface area contributed by atoms with Gasteiger partial charge >= 0.3 is 0 Å². The van der Waals surface area contributed by atoms with Crippen molar-refractivity contribution in [3.63, 3.8) is 0 Å². The monoisotopic (exact) mass is 195 g/mol. The zero-order valence-corrected chi connectivity index (χ0v) is 8.66. The van der Waals surface area contributed by atoms with Crippen LogP contribution in [0.4, 0.5) is 0 Å². The molecule has 0 spiro atoms. The van der Waals surface area contributed by atoms with Crippen LogP contribution < -0.4 is 10.5 Å². The molecule has 0 heterocycles. The molecule has 0 saturated heterocycles. The quantitative estimate of drug-likeness (QED) is 0.763. The van der Waals surface area contributed by atoms with Gasteiger partial charge in [-0.2, -0.15) is 0 Å². The van der Waals surface area contributed by atoms with Crippen molar-refractivity contribution in [2.75, 3.05) is 13.2 Å². The van der Waals surface area contributed by atoms with E-state index in [9.17, 15) is 0 Å². The molecule has 0 bridgehead atoms. The Labute approximate surface area is 84.5 Å². The zero-order chi connectivity index (χ0) is 10.6. The highest BCUT2D eigenvalue weighted by Gasteiger charge is 2.07. The normalized spacial score (nSPS) is 12.6. The van der Waals surface area contributed by atoms with E-state index in [0.29, 0.717) is 6.61 Å². The second kappa shape index (κ2) is 4.98. The molecule has 0 radical (unpaired) electrons. The standard InChI is InChI=1S/C11H17NO2/c1-3-14-9-4-5-10(8(2)6-9)11(12)7-13/h4-6,11,13H,3,7,12H2,1-2H3/t11-/m0/s1. The van der Waals surface area contributed by atoms with E-state index in [-0.39, 0.29) is 12.6 Å². The number of aliphatic hydroxyl groups is 1. The van der Waals surface area contributed by atoms with Gasteiger partial charge in [0.05, 0.1) is 19.3 Å². The van der Waals surface area contributed by atoms with Crippen molar-refractivity contribution in [2.45, 2.75) is 19.9 Å². The summed E-state index contributed by atoms with van der Waals surface area (Å²) in [7, 11) is 0. The van der Waals surface area contributed by atoms with Crippen molar-refractivity contribution < 1.29 is 9.84 Å². The number of hydrogen-bond donors (Lipinski definition) is 2. The second-order valence-electron chi connectivity index (χ2n) is 3.24. The molecule has 0 aromatic heterocycles. The van der Waals surface area contributed by atoms with Gasteiger partial charge in [-0.3, -0.25) is 0 Å². The predicted octanol–water partition coefficient (Wildman–Crippen LogP) is 1.39. The summed E-state index contributed by atoms with van der Waals surface area (Å²) >= 11 is 0. The molecule has 0 amide bonds. The first-order valence-corrected chi connectivity index (χ1v) is 4.78. The van der Waals surface area contributed by atoms with Crippen LogP contribution in [0.2, 0.25) is 0 Å². The summed E-state index contributed by atoms with van der Waals surface area (Å²) in [6.07, 6.45) is 0. The fourth-order valence-electron chi connectivity index (χ4n) is 1.42. The maximum Gasteiger partial charge on any atom is 0.119 e. The largest absolute Gasteiger partial charge is 0.494 e. The first-order valence-electron chi connectivity index (χ1n) is 4.78. The number of nitrogens with two attached hydrogens (primary N) is 1. The zero-order valence-electron chi connectivity index (χ0n) is 8.66. The van der Waals surface area contributed by atoms with Crippen molar-refractivity contribution >= 4 is 0 Å². The molecule has 14 heavy (non-hydrogen) atoms. The van der Waals surface area contributed by atoms with Crippen LogP contribution in [0.25, 0.3) is 0 Å².